The molecule has 1 aliphatic heterocycles. The van der Waals surface area contributed by atoms with Gasteiger partial charge in [-0.05, 0) is 31.0 Å². The summed E-state index contributed by atoms with van der Waals surface area (Å²) < 4.78 is 16.7. The van der Waals surface area contributed by atoms with Gasteiger partial charge in [0.1, 0.15) is 5.69 Å². The quantitative estimate of drug-likeness (QED) is 0.540. The summed E-state index contributed by atoms with van der Waals surface area (Å²) in [4.78, 5) is 15.1. The van der Waals surface area contributed by atoms with Crippen LogP contribution in [0.5, 0.6) is 11.5 Å². The van der Waals surface area contributed by atoms with Gasteiger partial charge in [-0.2, -0.15) is 5.10 Å². The summed E-state index contributed by atoms with van der Waals surface area (Å²) in [5.74, 6) is 1.25. The van der Waals surface area contributed by atoms with Crippen LogP contribution in [0.3, 0.4) is 0 Å². The minimum Gasteiger partial charge on any atom is -0.493 e. The maximum Gasteiger partial charge on any atom is 0.273 e. The average molecular weight is 436 g/mol. The fourth-order valence-corrected chi connectivity index (χ4v) is 4.08. The fraction of sp³-hybridized carbons (Fsp3) is 0.360. The van der Waals surface area contributed by atoms with Crippen LogP contribution in [-0.4, -0.2) is 55.0 Å². The lowest BCUT2D eigenvalue weighted by Gasteiger charge is -2.26. The fourth-order valence-electron chi connectivity index (χ4n) is 4.08. The van der Waals surface area contributed by atoms with Gasteiger partial charge < -0.3 is 19.1 Å². The van der Waals surface area contributed by atoms with Gasteiger partial charge in [-0.15, -0.1) is 0 Å². The van der Waals surface area contributed by atoms with Crippen molar-refractivity contribution < 1.29 is 19.0 Å². The third-order valence-corrected chi connectivity index (χ3v) is 5.69. The first-order chi connectivity index (χ1) is 15.6. The number of aryl methyl sites for hydroxylation is 1. The monoisotopic (exact) mass is 435 g/mol. The Balaban J connectivity index is 1.81. The van der Waals surface area contributed by atoms with E-state index in [-0.39, 0.29) is 11.9 Å². The summed E-state index contributed by atoms with van der Waals surface area (Å²) in [6, 6.07) is 13.7. The molecule has 0 fully saturated rings. The van der Waals surface area contributed by atoms with Crippen LogP contribution in [0.4, 0.5) is 0 Å². The van der Waals surface area contributed by atoms with Crippen molar-refractivity contribution in [3.8, 4) is 22.8 Å². The summed E-state index contributed by atoms with van der Waals surface area (Å²) in [7, 11) is 3.26. The van der Waals surface area contributed by atoms with Gasteiger partial charge in [-0.3, -0.25) is 9.89 Å². The average Bonchev–Trinajstić information content (AvgIpc) is 3.35. The highest BCUT2D eigenvalue weighted by molar-refractivity contribution is 6.00. The Morgan fingerprint density at radius 2 is 1.84 bits per heavy atom. The highest BCUT2D eigenvalue weighted by Gasteiger charge is 2.42. The molecule has 1 unspecified atom stereocenters. The standard InChI is InChI=1S/C25H29N3O4/c1-5-13-32-19-11-10-18(15-20(19)31-4)24-21-22(17-8-6-16(2)7-9-17)26-27-23(21)25(29)28(24)12-14-30-3/h6-11,15,24H,5,12-14H2,1-4H3,(H,26,27). The maximum atomic E-state index is 13.3. The largest absolute Gasteiger partial charge is 0.493 e. The highest BCUT2D eigenvalue weighted by Crippen LogP contribution is 2.44. The van der Waals surface area contributed by atoms with Crippen molar-refractivity contribution in [3.05, 3.63) is 64.8 Å². The molecule has 0 spiro atoms. The summed E-state index contributed by atoms with van der Waals surface area (Å²) in [5, 5.41) is 7.50. The molecule has 1 aromatic heterocycles. The van der Waals surface area contributed by atoms with Gasteiger partial charge in [-0.25, -0.2) is 0 Å². The van der Waals surface area contributed by atoms with Crippen molar-refractivity contribution in [2.75, 3.05) is 34.0 Å². The second-order valence-electron chi connectivity index (χ2n) is 7.88. The van der Waals surface area contributed by atoms with Crippen LogP contribution in [0.1, 0.15) is 46.6 Å². The van der Waals surface area contributed by atoms with Crippen LogP contribution in [0.2, 0.25) is 0 Å². The number of hydrogen-bond acceptors (Lipinski definition) is 5. The van der Waals surface area contributed by atoms with E-state index >= 15 is 0 Å². The molecule has 3 aromatic rings. The Hall–Kier alpha value is -3.32. The Kier molecular flexibility index (Phi) is 6.46. The number of carbonyl (C=O) groups is 1. The molecule has 2 heterocycles. The molecular formula is C25H29N3O4. The van der Waals surface area contributed by atoms with E-state index in [0.29, 0.717) is 37.0 Å². The number of nitrogens with one attached hydrogen (secondary N) is 1. The maximum absolute atomic E-state index is 13.3. The van der Waals surface area contributed by atoms with Gasteiger partial charge in [0, 0.05) is 24.8 Å². The molecule has 2 aromatic carbocycles. The van der Waals surface area contributed by atoms with Gasteiger partial charge in [0.05, 0.1) is 32.1 Å². The van der Waals surface area contributed by atoms with E-state index in [0.717, 1.165) is 28.8 Å². The molecule has 0 aliphatic carbocycles. The lowest BCUT2D eigenvalue weighted by atomic mass is 9.95. The zero-order valence-electron chi connectivity index (χ0n) is 19.0. The van der Waals surface area contributed by atoms with Crippen LogP contribution in [-0.2, 0) is 4.74 Å². The number of hydrogen-bond donors (Lipinski definition) is 1. The van der Waals surface area contributed by atoms with Crippen LogP contribution in [0, 0.1) is 6.92 Å². The molecule has 0 radical (unpaired) electrons. The number of methoxy groups -OCH3 is 2. The normalized spacial score (nSPS) is 15.2. The summed E-state index contributed by atoms with van der Waals surface area (Å²) >= 11 is 0. The number of benzene rings is 2. The third-order valence-electron chi connectivity index (χ3n) is 5.69. The highest BCUT2D eigenvalue weighted by atomic mass is 16.5. The molecule has 4 rings (SSSR count). The van der Waals surface area contributed by atoms with Crippen molar-refractivity contribution in [1.29, 1.82) is 0 Å². The number of rotatable bonds is 9. The first-order valence-corrected chi connectivity index (χ1v) is 10.8. The number of aromatic nitrogens is 2. The zero-order chi connectivity index (χ0) is 22.7. The van der Waals surface area contributed by atoms with E-state index in [1.165, 1.54) is 5.56 Å². The van der Waals surface area contributed by atoms with Crippen LogP contribution in [0.25, 0.3) is 11.3 Å². The lowest BCUT2D eigenvalue weighted by molar-refractivity contribution is 0.0677. The number of aromatic amines is 1. The van der Waals surface area contributed by atoms with Gasteiger partial charge in [0.2, 0.25) is 0 Å². The number of nitrogens with zero attached hydrogens (tertiary/aromatic N) is 2. The van der Waals surface area contributed by atoms with Gasteiger partial charge in [0.25, 0.3) is 5.91 Å². The minimum absolute atomic E-state index is 0.0850. The molecule has 32 heavy (non-hydrogen) atoms. The molecule has 0 saturated heterocycles. The van der Waals surface area contributed by atoms with Crippen LogP contribution < -0.4 is 9.47 Å². The Morgan fingerprint density at radius 1 is 1.06 bits per heavy atom. The first kappa shape index (κ1) is 21.9. The number of fused-ring (bicyclic) bond motifs is 1. The summed E-state index contributed by atoms with van der Waals surface area (Å²) in [6.07, 6.45) is 0.908. The molecule has 1 atom stereocenters. The van der Waals surface area contributed by atoms with Crippen molar-refractivity contribution >= 4 is 5.91 Å². The van der Waals surface area contributed by atoms with Gasteiger partial charge >= 0.3 is 0 Å². The number of amides is 1. The van der Waals surface area contributed by atoms with Crippen molar-refractivity contribution in [2.24, 2.45) is 0 Å². The molecule has 7 nitrogen and oxygen atoms in total. The molecule has 168 valence electrons. The lowest BCUT2D eigenvalue weighted by Crippen LogP contribution is -2.32. The number of H-pyrrole nitrogens is 1. The smallest absolute Gasteiger partial charge is 0.273 e. The summed E-state index contributed by atoms with van der Waals surface area (Å²) in [6.45, 7) is 5.62. The molecule has 7 heteroatoms. The number of ether oxygens (including phenoxy) is 3. The Bertz CT molecular complexity index is 1090. The molecule has 0 bridgehead atoms. The van der Waals surface area contributed by atoms with Gasteiger partial charge in [0.15, 0.2) is 11.5 Å². The molecular weight excluding hydrogens is 406 g/mol. The zero-order valence-corrected chi connectivity index (χ0v) is 19.0. The van der Waals surface area contributed by atoms with E-state index in [4.69, 9.17) is 14.2 Å². The Morgan fingerprint density at radius 3 is 2.53 bits per heavy atom. The van der Waals surface area contributed by atoms with Crippen LogP contribution in [0.15, 0.2) is 42.5 Å². The van der Waals surface area contributed by atoms with E-state index in [1.807, 2.05) is 54.3 Å². The predicted molar refractivity (Wildman–Crippen MR) is 122 cm³/mol. The third kappa shape index (κ3) is 3.96. The van der Waals surface area contributed by atoms with Crippen molar-refractivity contribution in [1.82, 2.24) is 15.1 Å². The number of carbonyl (C=O) groups excluding carboxylic acids is 1. The van der Waals surface area contributed by atoms with Crippen LogP contribution >= 0.6 is 0 Å². The minimum atomic E-state index is -0.308. The SMILES string of the molecule is CCCOc1ccc(C2c3c(-c4ccc(C)cc4)n[nH]c3C(=O)N2CCOC)cc1OC. The topological polar surface area (TPSA) is 76.7 Å². The molecule has 1 N–H and O–H groups in total. The van der Waals surface area contributed by atoms with Crippen molar-refractivity contribution in [2.45, 2.75) is 26.3 Å². The first-order valence-electron chi connectivity index (χ1n) is 10.8. The van der Waals surface area contributed by atoms with E-state index in [1.54, 1.807) is 14.2 Å². The molecule has 1 amide bonds. The van der Waals surface area contributed by atoms with Gasteiger partial charge in [-0.1, -0.05) is 42.8 Å². The second kappa shape index (κ2) is 9.44. The van der Waals surface area contributed by atoms with E-state index in [2.05, 4.69) is 17.1 Å². The molecule has 0 saturated carbocycles. The van der Waals surface area contributed by atoms with E-state index < -0.39 is 0 Å². The molecule has 1 aliphatic rings. The second-order valence-corrected chi connectivity index (χ2v) is 7.88. The predicted octanol–water partition coefficient (Wildman–Crippen LogP) is 4.37. The van der Waals surface area contributed by atoms with Crippen molar-refractivity contribution in [3.63, 3.8) is 0 Å². The Labute approximate surface area is 188 Å². The van der Waals surface area contributed by atoms with E-state index in [9.17, 15) is 4.79 Å². The summed E-state index contributed by atoms with van der Waals surface area (Å²) in [5.41, 5.74) is 5.25.